The lowest BCUT2D eigenvalue weighted by molar-refractivity contribution is -0.308. The van der Waals surface area contributed by atoms with Gasteiger partial charge < -0.3 is 24.4 Å². The molecule has 0 aliphatic heterocycles. The molecule has 7 nitrogen and oxygen atoms in total. The number of hydrogen-bond donors (Lipinski definition) is 1. The number of rotatable bonds is 8. The second-order valence-corrected chi connectivity index (χ2v) is 7.83. The first-order chi connectivity index (χ1) is 16.4. The average Bonchev–Trinajstić information content (AvgIpc) is 2.84. The number of carboxylic acid groups (broad SMARTS) is 1. The summed E-state index contributed by atoms with van der Waals surface area (Å²) in [6.07, 6.45) is 0.463. The van der Waals surface area contributed by atoms with Gasteiger partial charge in [-0.2, -0.15) is 0 Å². The summed E-state index contributed by atoms with van der Waals surface area (Å²) in [5.74, 6) is -1.74. The minimum Gasteiger partial charge on any atom is -0.548 e. The Morgan fingerprint density at radius 2 is 1.68 bits per heavy atom. The van der Waals surface area contributed by atoms with E-state index in [9.17, 15) is 19.5 Å². The molecule has 1 amide bonds. The number of carbonyl (C=O) groups is 2. The van der Waals surface area contributed by atoms with E-state index in [1.54, 1.807) is 42.5 Å². The first-order valence-electron chi connectivity index (χ1n) is 10.7. The lowest BCUT2D eigenvalue weighted by Crippen LogP contribution is -2.42. The van der Waals surface area contributed by atoms with Crippen LogP contribution >= 0.6 is 0 Å². The molecule has 1 atom stereocenters. The number of aryl methyl sites for hydroxylation is 1. The van der Waals surface area contributed by atoms with E-state index in [4.69, 9.17) is 9.15 Å². The van der Waals surface area contributed by atoms with Crippen molar-refractivity contribution in [3.63, 3.8) is 0 Å². The summed E-state index contributed by atoms with van der Waals surface area (Å²) in [6.45, 7) is 1.45. The molecule has 0 bridgehead atoms. The largest absolute Gasteiger partial charge is 0.548 e. The highest BCUT2D eigenvalue weighted by Gasteiger charge is 2.17. The molecule has 7 heteroatoms. The van der Waals surface area contributed by atoms with E-state index in [0.717, 1.165) is 16.5 Å². The Hall–Kier alpha value is -4.39. The van der Waals surface area contributed by atoms with Crippen LogP contribution in [0.4, 0.5) is 0 Å². The molecule has 1 N–H and O–H groups in total. The van der Waals surface area contributed by atoms with E-state index in [-0.39, 0.29) is 0 Å². The number of fused-ring (bicyclic) bond motifs is 1. The van der Waals surface area contributed by atoms with Gasteiger partial charge in [0, 0.05) is 23.4 Å². The molecule has 172 valence electrons. The average molecular weight is 456 g/mol. The van der Waals surface area contributed by atoms with Gasteiger partial charge in [-0.1, -0.05) is 60.7 Å². The van der Waals surface area contributed by atoms with E-state index in [0.29, 0.717) is 28.9 Å². The van der Waals surface area contributed by atoms with Crippen LogP contribution in [0.25, 0.3) is 11.0 Å². The maximum absolute atomic E-state index is 12.6. The quantitative estimate of drug-likeness (QED) is 0.409. The van der Waals surface area contributed by atoms with Crippen molar-refractivity contribution in [3.05, 3.63) is 112 Å². The third-order valence-electron chi connectivity index (χ3n) is 5.53. The van der Waals surface area contributed by atoms with Gasteiger partial charge in [0.15, 0.2) is 6.61 Å². The Balaban J connectivity index is 1.47. The molecule has 34 heavy (non-hydrogen) atoms. The summed E-state index contributed by atoms with van der Waals surface area (Å²) in [4.78, 5) is 36.4. The Bertz CT molecular complexity index is 1380. The second kappa shape index (κ2) is 10.0. The summed E-state index contributed by atoms with van der Waals surface area (Å²) in [5.41, 5.74) is 2.72. The van der Waals surface area contributed by atoms with Gasteiger partial charge in [0.2, 0.25) is 0 Å². The topological polar surface area (TPSA) is 109 Å². The monoisotopic (exact) mass is 456 g/mol. The van der Waals surface area contributed by atoms with Gasteiger partial charge in [0.05, 0.1) is 12.0 Å². The summed E-state index contributed by atoms with van der Waals surface area (Å²) in [5, 5.41) is 14.6. The fourth-order valence-corrected chi connectivity index (χ4v) is 3.74. The molecule has 4 aromatic rings. The molecular weight excluding hydrogens is 434 g/mol. The number of hydrogen-bond acceptors (Lipinski definition) is 6. The summed E-state index contributed by atoms with van der Waals surface area (Å²) < 4.78 is 11.0. The molecule has 1 heterocycles. The van der Waals surface area contributed by atoms with Gasteiger partial charge >= 0.3 is 5.63 Å². The van der Waals surface area contributed by atoms with Crippen LogP contribution in [0.5, 0.6) is 5.75 Å². The highest BCUT2D eigenvalue weighted by Crippen LogP contribution is 2.25. The number of benzene rings is 3. The van der Waals surface area contributed by atoms with Crippen molar-refractivity contribution in [1.82, 2.24) is 5.32 Å². The van der Waals surface area contributed by atoms with Crippen LogP contribution in [0.2, 0.25) is 0 Å². The SMILES string of the molecule is Cc1c(Cc2ccccc2)c(=O)oc2cc(OCC(=O)N[C@H](C(=O)[O-])c3ccccc3)ccc12. The van der Waals surface area contributed by atoms with Crippen molar-refractivity contribution < 1.29 is 23.8 Å². The third-order valence-corrected chi connectivity index (χ3v) is 5.53. The van der Waals surface area contributed by atoms with E-state index in [2.05, 4.69) is 5.32 Å². The van der Waals surface area contributed by atoms with Gasteiger partial charge in [-0.05, 0) is 35.7 Å². The minimum absolute atomic E-state index is 0.311. The highest BCUT2D eigenvalue weighted by atomic mass is 16.5. The third kappa shape index (κ3) is 5.15. The predicted molar refractivity (Wildman–Crippen MR) is 124 cm³/mol. The fraction of sp³-hybridized carbons (Fsp3) is 0.148. The van der Waals surface area contributed by atoms with Crippen molar-refractivity contribution in [3.8, 4) is 5.75 Å². The van der Waals surface area contributed by atoms with Crippen LogP contribution in [0, 0.1) is 6.92 Å². The molecule has 0 fully saturated rings. The standard InChI is InChI=1S/C27H23NO6/c1-17-21-13-12-20(15-23(21)34-27(32)22(17)14-18-8-4-2-5-9-18)33-16-24(29)28-25(26(30)31)19-10-6-3-7-11-19/h2-13,15,25H,14,16H2,1H3,(H,28,29)(H,30,31)/p-1/t25-/m0/s1. The number of nitrogens with one attached hydrogen (secondary N) is 1. The van der Waals surface area contributed by atoms with E-state index < -0.39 is 30.2 Å². The lowest BCUT2D eigenvalue weighted by Gasteiger charge is -2.20. The maximum Gasteiger partial charge on any atom is 0.340 e. The minimum atomic E-state index is -1.42. The Morgan fingerprint density at radius 1 is 1.00 bits per heavy atom. The smallest absolute Gasteiger partial charge is 0.340 e. The molecule has 0 unspecified atom stereocenters. The second-order valence-electron chi connectivity index (χ2n) is 7.83. The summed E-state index contributed by atoms with van der Waals surface area (Å²) in [7, 11) is 0. The molecule has 0 aliphatic rings. The number of amides is 1. The van der Waals surface area contributed by atoms with Crippen molar-refractivity contribution >= 4 is 22.8 Å². The van der Waals surface area contributed by atoms with Crippen molar-refractivity contribution in [2.45, 2.75) is 19.4 Å². The summed E-state index contributed by atoms with van der Waals surface area (Å²) in [6, 6.07) is 21.6. The van der Waals surface area contributed by atoms with Crippen LogP contribution in [0.1, 0.15) is 28.3 Å². The molecule has 3 aromatic carbocycles. The Morgan fingerprint density at radius 3 is 2.35 bits per heavy atom. The van der Waals surface area contributed by atoms with Crippen LogP contribution in [-0.4, -0.2) is 18.5 Å². The zero-order chi connectivity index (χ0) is 24.1. The number of carboxylic acids is 1. The first-order valence-corrected chi connectivity index (χ1v) is 10.7. The fourth-order valence-electron chi connectivity index (χ4n) is 3.74. The Labute approximate surface area is 195 Å². The predicted octanol–water partition coefficient (Wildman–Crippen LogP) is 2.68. The molecule has 0 spiro atoms. The molecule has 0 saturated carbocycles. The van der Waals surface area contributed by atoms with Crippen LogP contribution in [0.15, 0.2) is 88.1 Å². The Kier molecular flexibility index (Phi) is 6.73. The van der Waals surface area contributed by atoms with E-state index in [1.807, 2.05) is 37.3 Å². The van der Waals surface area contributed by atoms with Gasteiger partial charge in [-0.25, -0.2) is 4.79 Å². The maximum atomic E-state index is 12.6. The molecular formula is C27H22NO6-. The molecule has 0 radical (unpaired) electrons. The normalized spacial score (nSPS) is 11.7. The van der Waals surface area contributed by atoms with Crippen LogP contribution < -0.4 is 20.8 Å². The summed E-state index contributed by atoms with van der Waals surface area (Å²) >= 11 is 0. The first kappa shape index (κ1) is 22.8. The highest BCUT2D eigenvalue weighted by molar-refractivity contribution is 5.85. The van der Waals surface area contributed by atoms with Crippen LogP contribution in [-0.2, 0) is 16.0 Å². The van der Waals surface area contributed by atoms with Crippen molar-refractivity contribution in [2.24, 2.45) is 0 Å². The zero-order valence-electron chi connectivity index (χ0n) is 18.4. The number of ether oxygens (including phenoxy) is 1. The van der Waals surface area contributed by atoms with Gasteiger partial charge in [0.25, 0.3) is 5.91 Å². The van der Waals surface area contributed by atoms with Gasteiger partial charge in [-0.3, -0.25) is 4.79 Å². The van der Waals surface area contributed by atoms with Crippen LogP contribution in [0.3, 0.4) is 0 Å². The number of aliphatic carboxylic acids is 1. The van der Waals surface area contributed by atoms with E-state index in [1.165, 1.54) is 6.07 Å². The van der Waals surface area contributed by atoms with Crippen molar-refractivity contribution in [2.75, 3.05) is 6.61 Å². The van der Waals surface area contributed by atoms with Gasteiger partial charge in [0.1, 0.15) is 11.3 Å². The van der Waals surface area contributed by atoms with E-state index >= 15 is 0 Å². The van der Waals surface area contributed by atoms with Gasteiger partial charge in [-0.15, -0.1) is 0 Å². The molecule has 1 aromatic heterocycles. The van der Waals surface area contributed by atoms with Crippen molar-refractivity contribution in [1.29, 1.82) is 0 Å². The number of carbonyl (C=O) groups excluding carboxylic acids is 2. The molecule has 0 saturated heterocycles. The molecule has 4 rings (SSSR count). The molecule has 0 aliphatic carbocycles. The lowest BCUT2D eigenvalue weighted by atomic mass is 10.00. The zero-order valence-corrected chi connectivity index (χ0v) is 18.4.